The molecule has 5 heteroatoms. The molecule has 1 rings (SSSR count). The first kappa shape index (κ1) is 10.7. The van der Waals surface area contributed by atoms with Crippen molar-refractivity contribution in [1.29, 1.82) is 0 Å². The summed E-state index contributed by atoms with van der Waals surface area (Å²) in [6.07, 6.45) is 2.24. The topological polar surface area (TPSA) is 58.9 Å². The largest absolute Gasteiger partial charge is 0.477 e. The van der Waals surface area contributed by atoms with Crippen molar-refractivity contribution < 1.29 is 14.7 Å². The molecule has 0 aliphatic heterocycles. The molecule has 0 spiro atoms. The quantitative estimate of drug-likeness (QED) is 0.601. The zero-order chi connectivity index (χ0) is 10.4. The van der Waals surface area contributed by atoms with Gasteiger partial charge in [0.25, 0.3) is 0 Å². The van der Waals surface area contributed by atoms with E-state index in [4.69, 9.17) is 9.94 Å². The zero-order valence-electron chi connectivity index (χ0n) is 7.77. The lowest BCUT2D eigenvalue weighted by molar-refractivity contribution is 0.0702. The van der Waals surface area contributed by atoms with Gasteiger partial charge in [0.15, 0.2) is 0 Å². The van der Waals surface area contributed by atoms with Crippen LogP contribution in [-0.2, 0) is 11.3 Å². The average Bonchev–Trinajstić information content (AvgIpc) is 2.61. The highest BCUT2D eigenvalue weighted by molar-refractivity contribution is 7.14. The molecule has 0 saturated carbocycles. The van der Waals surface area contributed by atoms with E-state index in [-0.39, 0.29) is 0 Å². The van der Waals surface area contributed by atoms with Crippen molar-refractivity contribution >= 4 is 23.5 Å². The van der Waals surface area contributed by atoms with E-state index in [1.165, 1.54) is 11.3 Å². The number of rotatable bonds is 5. The number of carboxylic acid groups (broad SMARTS) is 1. The molecule has 0 radical (unpaired) electrons. The molecule has 4 nitrogen and oxygen atoms in total. The first-order chi connectivity index (χ1) is 6.74. The first-order valence-electron chi connectivity index (χ1n) is 4.20. The number of nitrogens with zero attached hydrogens (tertiary/aromatic N) is 1. The highest BCUT2D eigenvalue weighted by Crippen LogP contribution is 2.16. The summed E-state index contributed by atoms with van der Waals surface area (Å²) < 4.78 is 0. The number of aromatic carboxylic acids is 1. The number of thiophene rings is 1. The van der Waals surface area contributed by atoms with Crippen LogP contribution in [0.1, 0.15) is 21.5 Å². The molecule has 0 amide bonds. The SMILES string of the molecule is CCON=CCc1ccc(C(=O)O)s1. The van der Waals surface area contributed by atoms with Gasteiger partial charge in [0.2, 0.25) is 0 Å². The fourth-order valence-electron chi connectivity index (χ4n) is 0.857. The van der Waals surface area contributed by atoms with E-state index in [1.54, 1.807) is 18.3 Å². The minimum Gasteiger partial charge on any atom is -0.477 e. The predicted molar refractivity (Wildman–Crippen MR) is 55.1 cm³/mol. The molecular weight excluding hydrogens is 202 g/mol. The van der Waals surface area contributed by atoms with E-state index in [0.29, 0.717) is 17.9 Å². The van der Waals surface area contributed by atoms with E-state index < -0.39 is 5.97 Å². The smallest absolute Gasteiger partial charge is 0.345 e. The third kappa shape index (κ3) is 3.18. The Morgan fingerprint density at radius 1 is 1.71 bits per heavy atom. The van der Waals surface area contributed by atoms with Crippen LogP contribution in [-0.4, -0.2) is 23.9 Å². The number of hydrogen-bond acceptors (Lipinski definition) is 4. The molecule has 1 N–H and O–H groups in total. The standard InChI is InChI=1S/C9H11NO3S/c1-2-13-10-6-5-7-3-4-8(14-7)9(11)12/h3-4,6H,2,5H2,1H3,(H,11,12). The minimum absolute atomic E-state index is 0.352. The molecule has 0 bridgehead atoms. The van der Waals surface area contributed by atoms with Crippen molar-refractivity contribution in [1.82, 2.24) is 0 Å². The van der Waals surface area contributed by atoms with Crippen LogP contribution in [0.5, 0.6) is 0 Å². The van der Waals surface area contributed by atoms with Crippen molar-refractivity contribution in [3.63, 3.8) is 0 Å². The average molecular weight is 213 g/mol. The van der Waals surface area contributed by atoms with Gasteiger partial charge in [-0.25, -0.2) is 4.79 Å². The second-order valence-corrected chi connectivity index (χ2v) is 3.65. The lowest BCUT2D eigenvalue weighted by Crippen LogP contribution is -1.89. The molecule has 14 heavy (non-hydrogen) atoms. The van der Waals surface area contributed by atoms with Crippen LogP contribution >= 0.6 is 11.3 Å². The third-order valence-corrected chi connectivity index (χ3v) is 2.54. The van der Waals surface area contributed by atoms with E-state index >= 15 is 0 Å². The molecule has 0 atom stereocenters. The number of carbonyl (C=O) groups is 1. The molecule has 76 valence electrons. The van der Waals surface area contributed by atoms with Gasteiger partial charge in [-0.2, -0.15) is 0 Å². The van der Waals surface area contributed by atoms with Crippen molar-refractivity contribution in [3.05, 3.63) is 21.9 Å². The summed E-state index contributed by atoms with van der Waals surface area (Å²) in [7, 11) is 0. The molecule has 1 aromatic heterocycles. The van der Waals surface area contributed by atoms with Crippen LogP contribution < -0.4 is 0 Å². The Hall–Kier alpha value is -1.36. The maximum atomic E-state index is 10.5. The summed E-state index contributed by atoms with van der Waals surface area (Å²) >= 11 is 1.25. The minimum atomic E-state index is -0.886. The fraction of sp³-hybridized carbons (Fsp3) is 0.333. The highest BCUT2D eigenvalue weighted by Gasteiger charge is 2.05. The fourth-order valence-corrected chi connectivity index (χ4v) is 1.66. The summed E-state index contributed by atoms with van der Waals surface area (Å²) in [4.78, 5) is 16.6. The molecule has 1 aromatic rings. The molecule has 0 fully saturated rings. The van der Waals surface area contributed by atoms with E-state index in [0.717, 1.165) is 4.88 Å². The zero-order valence-corrected chi connectivity index (χ0v) is 8.58. The third-order valence-electron chi connectivity index (χ3n) is 1.44. The van der Waals surface area contributed by atoms with Crippen LogP contribution in [0.3, 0.4) is 0 Å². The maximum Gasteiger partial charge on any atom is 0.345 e. The van der Waals surface area contributed by atoms with Crippen LogP contribution in [0.4, 0.5) is 0 Å². The van der Waals surface area contributed by atoms with Gasteiger partial charge >= 0.3 is 5.97 Å². The van der Waals surface area contributed by atoms with Crippen LogP contribution in [0.2, 0.25) is 0 Å². The molecule has 0 unspecified atom stereocenters. The van der Waals surface area contributed by atoms with Gasteiger partial charge in [0.05, 0.1) is 0 Å². The van der Waals surface area contributed by atoms with Gasteiger partial charge in [-0.1, -0.05) is 5.16 Å². The second-order valence-electron chi connectivity index (χ2n) is 2.48. The summed E-state index contributed by atoms with van der Waals surface area (Å²) in [6.45, 7) is 2.40. The Morgan fingerprint density at radius 3 is 3.07 bits per heavy atom. The predicted octanol–water partition coefficient (Wildman–Crippen LogP) is 2.01. The van der Waals surface area contributed by atoms with Gasteiger partial charge < -0.3 is 9.94 Å². The number of oxime groups is 1. The molecular formula is C9H11NO3S. The van der Waals surface area contributed by atoms with Gasteiger partial charge in [-0.15, -0.1) is 11.3 Å². The van der Waals surface area contributed by atoms with Gasteiger partial charge in [-0.05, 0) is 19.1 Å². The molecule has 0 aromatic carbocycles. The Bertz CT molecular complexity index is 333. The lowest BCUT2D eigenvalue weighted by atomic mass is 10.3. The van der Waals surface area contributed by atoms with Crippen LogP contribution in [0.15, 0.2) is 17.3 Å². The summed E-state index contributed by atoms with van der Waals surface area (Å²) in [5, 5.41) is 12.3. The molecule has 0 saturated heterocycles. The van der Waals surface area contributed by atoms with Crippen molar-refractivity contribution in [3.8, 4) is 0 Å². The highest BCUT2D eigenvalue weighted by atomic mass is 32.1. The summed E-state index contributed by atoms with van der Waals surface area (Å²) in [6, 6.07) is 3.38. The normalized spacial score (nSPS) is 10.6. The second kappa shape index (κ2) is 5.39. The van der Waals surface area contributed by atoms with Gasteiger partial charge in [0.1, 0.15) is 11.5 Å². The summed E-state index contributed by atoms with van der Waals surface area (Å²) in [5.74, 6) is -0.886. The van der Waals surface area contributed by atoms with Crippen molar-refractivity contribution in [2.24, 2.45) is 5.16 Å². The summed E-state index contributed by atoms with van der Waals surface area (Å²) in [5.41, 5.74) is 0. The van der Waals surface area contributed by atoms with Crippen molar-refractivity contribution in [2.75, 3.05) is 6.61 Å². The Balaban J connectivity index is 2.47. The molecule has 0 aliphatic rings. The van der Waals surface area contributed by atoms with Crippen LogP contribution in [0, 0.1) is 0 Å². The Kier molecular flexibility index (Phi) is 4.12. The van der Waals surface area contributed by atoms with E-state index in [1.807, 2.05) is 6.92 Å². The van der Waals surface area contributed by atoms with Gasteiger partial charge in [-0.3, -0.25) is 0 Å². The van der Waals surface area contributed by atoms with E-state index in [2.05, 4.69) is 5.16 Å². The monoisotopic (exact) mass is 213 g/mol. The van der Waals surface area contributed by atoms with E-state index in [9.17, 15) is 4.79 Å². The molecule has 0 aliphatic carbocycles. The Morgan fingerprint density at radius 2 is 2.50 bits per heavy atom. The Labute approximate surface area is 85.8 Å². The lowest BCUT2D eigenvalue weighted by Gasteiger charge is -1.90. The molecule has 1 heterocycles. The maximum absolute atomic E-state index is 10.5. The first-order valence-corrected chi connectivity index (χ1v) is 5.01. The number of carboxylic acids is 1. The van der Waals surface area contributed by atoms with Crippen molar-refractivity contribution in [2.45, 2.75) is 13.3 Å². The number of hydrogen-bond donors (Lipinski definition) is 1. The van der Waals surface area contributed by atoms with Crippen LogP contribution in [0.25, 0.3) is 0 Å². The van der Waals surface area contributed by atoms with Gasteiger partial charge in [0, 0.05) is 17.5 Å².